The van der Waals surface area contributed by atoms with Gasteiger partial charge in [0.05, 0.1) is 0 Å². The van der Waals surface area contributed by atoms with Gasteiger partial charge < -0.3 is 5.73 Å². The van der Waals surface area contributed by atoms with Crippen molar-refractivity contribution in [3.8, 4) is 0 Å². The van der Waals surface area contributed by atoms with Crippen LogP contribution < -0.4 is 5.73 Å². The van der Waals surface area contributed by atoms with E-state index in [1.807, 2.05) is 12.1 Å². The van der Waals surface area contributed by atoms with E-state index in [4.69, 9.17) is 5.73 Å². The van der Waals surface area contributed by atoms with Crippen molar-refractivity contribution in [3.05, 3.63) is 35.1 Å². The third kappa shape index (κ3) is 1.11. The molecule has 3 rings (SSSR count). The molecule has 0 radical (unpaired) electrons. The molecule has 2 fully saturated rings. The lowest BCUT2D eigenvalue weighted by atomic mass is 9.96. The molecule has 1 aromatic carbocycles. The molecule has 2 N–H and O–H groups in total. The molecule has 2 atom stereocenters. The Morgan fingerprint density at radius 2 is 2.00 bits per heavy atom. The number of hydrogen-bond acceptors (Lipinski definition) is 1. The van der Waals surface area contributed by atoms with Crippen molar-refractivity contribution < 1.29 is 4.39 Å². The van der Waals surface area contributed by atoms with Crippen molar-refractivity contribution in [2.75, 3.05) is 0 Å². The first-order valence-electron chi connectivity index (χ1n) is 5.69. The van der Waals surface area contributed by atoms with Gasteiger partial charge in [-0.1, -0.05) is 18.6 Å². The molecule has 0 saturated heterocycles. The molecule has 0 heterocycles. The van der Waals surface area contributed by atoms with Gasteiger partial charge in [0.15, 0.2) is 0 Å². The normalized spacial score (nSPS) is 37.8. The van der Waals surface area contributed by atoms with Crippen LogP contribution in [0.1, 0.15) is 30.4 Å². The monoisotopic (exact) mass is 205 g/mol. The Hall–Kier alpha value is -0.890. The molecular formula is C13H16FN. The van der Waals surface area contributed by atoms with Gasteiger partial charge in [0.2, 0.25) is 0 Å². The molecule has 0 bridgehead atoms. The van der Waals surface area contributed by atoms with Crippen LogP contribution >= 0.6 is 0 Å². The van der Waals surface area contributed by atoms with E-state index < -0.39 is 0 Å². The number of benzene rings is 1. The van der Waals surface area contributed by atoms with E-state index in [2.05, 4.69) is 0 Å². The van der Waals surface area contributed by atoms with Crippen LogP contribution in [0.5, 0.6) is 0 Å². The topological polar surface area (TPSA) is 26.0 Å². The highest BCUT2D eigenvalue weighted by Crippen LogP contribution is 2.64. The van der Waals surface area contributed by atoms with Crippen LogP contribution in [0.3, 0.4) is 0 Å². The average Bonchev–Trinajstić information content (AvgIpc) is 2.66. The van der Waals surface area contributed by atoms with Crippen LogP contribution in [0, 0.1) is 24.6 Å². The van der Waals surface area contributed by atoms with Crippen molar-refractivity contribution in [1.29, 1.82) is 0 Å². The predicted molar refractivity (Wildman–Crippen MR) is 57.8 cm³/mol. The number of fused-ring (bicyclic) bond motifs is 1. The van der Waals surface area contributed by atoms with Gasteiger partial charge >= 0.3 is 0 Å². The lowest BCUT2D eigenvalue weighted by Gasteiger charge is -2.16. The quantitative estimate of drug-likeness (QED) is 0.749. The van der Waals surface area contributed by atoms with Crippen LogP contribution in [-0.4, -0.2) is 0 Å². The van der Waals surface area contributed by atoms with Gasteiger partial charge in [-0.15, -0.1) is 0 Å². The Balaban J connectivity index is 1.97. The van der Waals surface area contributed by atoms with E-state index >= 15 is 0 Å². The van der Waals surface area contributed by atoms with E-state index in [9.17, 15) is 4.39 Å². The molecule has 2 saturated carbocycles. The highest BCUT2D eigenvalue weighted by atomic mass is 19.1. The van der Waals surface area contributed by atoms with Crippen LogP contribution in [0.2, 0.25) is 0 Å². The largest absolute Gasteiger partial charge is 0.321 e. The van der Waals surface area contributed by atoms with Crippen molar-refractivity contribution >= 4 is 0 Å². The lowest BCUT2D eigenvalue weighted by Crippen LogP contribution is -2.25. The summed E-state index contributed by atoms with van der Waals surface area (Å²) >= 11 is 0. The maximum atomic E-state index is 13.5. The molecule has 0 aliphatic heterocycles. The minimum atomic E-state index is -0.202. The van der Waals surface area contributed by atoms with Gasteiger partial charge in [-0.2, -0.15) is 0 Å². The van der Waals surface area contributed by atoms with Crippen LogP contribution in [0.15, 0.2) is 18.2 Å². The molecule has 2 aliphatic rings. The number of aryl methyl sites for hydroxylation is 1. The molecule has 0 aromatic heterocycles. The number of rotatable bonds is 1. The van der Waals surface area contributed by atoms with E-state index in [0.29, 0.717) is 17.4 Å². The van der Waals surface area contributed by atoms with Crippen molar-refractivity contribution in [3.63, 3.8) is 0 Å². The van der Waals surface area contributed by atoms with Crippen molar-refractivity contribution in [2.45, 2.75) is 31.7 Å². The summed E-state index contributed by atoms with van der Waals surface area (Å²) in [4.78, 5) is 0. The Kier molecular flexibility index (Phi) is 1.76. The molecule has 2 unspecified atom stereocenters. The number of nitrogens with two attached hydrogens (primary N) is 1. The fourth-order valence-corrected chi connectivity index (χ4v) is 3.29. The summed E-state index contributed by atoms with van der Waals surface area (Å²) in [6.07, 6.45) is 3.73. The average molecular weight is 205 g/mol. The van der Waals surface area contributed by atoms with Gasteiger partial charge in [0.1, 0.15) is 5.82 Å². The van der Waals surface area contributed by atoms with Gasteiger partial charge in [0.25, 0.3) is 0 Å². The Labute approximate surface area is 89.5 Å². The maximum Gasteiger partial charge on any atom is 0.126 e. The minimum Gasteiger partial charge on any atom is -0.321 e. The second-order valence-electron chi connectivity index (χ2n) is 5.04. The molecule has 1 aromatic rings. The molecule has 0 amide bonds. The van der Waals surface area contributed by atoms with E-state index in [1.165, 1.54) is 19.3 Å². The summed E-state index contributed by atoms with van der Waals surface area (Å²) < 4.78 is 13.5. The summed E-state index contributed by atoms with van der Waals surface area (Å²) in [5.74, 6) is 1.10. The highest BCUT2D eigenvalue weighted by Gasteiger charge is 2.64. The minimum absolute atomic E-state index is 0.123. The fraction of sp³-hybridized carbons (Fsp3) is 0.538. The summed E-state index contributed by atoms with van der Waals surface area (Å²) in [6.45, 7) is 1.79. The first-order valence-corrected chi connectivity index (χ1v) is 5.69. The Bertz CT molecular complexity index is 403. The van der Waals surface area contributed by atoms with E-state index in [-0.39, 0.29) is 11.4 Å². The molecule has 2 aliphatic carbocycles. The third-order valence-corrected chi connectivity index (χ3v) is 4.31. The second kappa shape index (κ2) is 2.82. The highest BCUT2D eigenvalue weighted by molar-refractivity contribution is 5.38. The predicted octanol–water partition coefficient (Wildman–Crippen LogP) is 2.72. The molecule has 1 nitrogen and oxygen atoms in total. The number of halogens is 1. The summed E-state index contributed by atoms with van der Waals surface area (Å²) in [5.41, 5.74) is 7.87. The van der Waals surface area contributed by atoms with Gasteiger partial charge in [-0.25, -0.2) is 4.39 Å². The first kappa shape index (κ1) is 9.34. The second-order valence-corrected chi connectivity index (χ2v) is 5.04. The molecule has 15 heavy (non-hydrogen) atoms. The zero-order chi connectivity index (χ0) is 10.6. The van der Waals surface area contributed by atoms with Crippen LogP contribution in [-0.2, 0) is 5.54 Å². The van der Waals surface area contributed by atoms with Gasteiger partial charge in [-0.05, 0) is 48.8 Å². The zero-order valence-corrected chi connectivity index (χ0v) is 8.96. The molecular weight excluding hydrogens is 189 g/mol. The molecule has 0 spiro atoms. The standard InChI is InChI=1S/C13H16FN/c1-8-5-6-9(7-12(8)14)13(15)10-3-2-4-11(10)13/h5-7,10-11H,2-4,15H2,1H3. The Morgan fingerprint density at radius 1 is 1.33 bits per heavy atom. The lowest BCUT2D eigenvalue weighted by molar-refractivity contribution is 0.520. The van der Waals surface area contributed by atoms with Crippen molar-refractivity contribution in [1.82, 2.24) is 0 Å². The SMILES string of the molecule is Cc1ccc(C2(N)C3CCCC32)cc1F. The Morgan fingerprint density at radius 3 is 2.60 bits per heavy atom. The molecule has 80 valence electrons. The van der Waals surface area contributed by atoms with Gasteiger partial charge in [-0.3, -0.25) is 0 Å². The van der Waals surface area contributed by atoms with Crippen molar-refractivity contribution in [2.24, 2.45) is 17.6 Å². The zero-order valence-electron chi connectivity index (χ0n) is 8.96. The van der Waals surface area contributed by atoms with E-state index in [0.717, 1.165) is 5.56 Å². The van der Waals surface area contributed by atoms with E-state index in [1.54, 1.807) is 13.0 Å². The summed E-state index contributed by atoms with van der Waals surface area (Å²) in [7, 11) is 0. The number of hydrogen-bond donors (Lipinski definition) is 1. The molecule has 2 heteroatoms. The summed E-state index contributed by atoms with van der Waals surface area (Å²) in [5, 5.41) is 0. The maximum absolute atomic E-state index is 13.5. The first-order chi connectivity index (χ1) is 7.14. The third-order valence-electron chi connectivity index (χ3n) is 4.31. The van der Waals surface area contributed by atoms with Crippen LogP contribution in [0.4, 0.5) is 4.39 Å². The fourth-order valence-electron chi connectivity index (χ4n) is 3.29. The smallest absolute Gasteiger partial charge is 0.126 e. The van der Waals surface area contributed by atoms with Crippen LogP contribution in [0.25, 0.3) is 0 Å². The summed E-state index contributed by atoms with van der Waals surface area (Å²) in [6, 6.07) is 5.47. The van der Waals surface area contributed by atoms with Gasteiger partial charge in [0, 0.05) is 5.54 Å².